The molecule has 11 heteroatoms. The molecular formula is C24H23F6N3O2. The third-order valence-corrected chi connectivity index (χ3v) is 7.10. The van der Waals surface area contributed by atoms with Gasteiger partial charge in [-0.2, -0.15) is 13.2 Å². The molecule has 35 heavy (non-hydrogen) atoms. The first kappa shape index (κ1) is 23.9. The van der Waals surface area contributed by atoms with Crippen LogP contribution in [0.3, 0.4) is 0 Å². The maximum atomic E-state index is 14.1. The first-order valence-corrected chi connectivity index (χ1v) is 11.3. The van der Waals surface area contributed by atoms with Crippen LogP contribution in [0, 0.1) is 5.82 Å². The van der Waals surface area contributed by atoms with E-state index in [0.717, 1.165) is 9.96 Å². The second-order valence-corrected chi connectivity index (χ2v) is 9.29. The van der Waals surface area contributed by atoms with Gasteiger partial charge >= 0.3 is 6.18 Å². The molecule has 0 spiro atoms. The molecule has 188 valence electrons. The molecule has 5 rings (SSSR count). The van der Waals surface area contributed by atoms with Gasteiger partial charge in [-0.25, -0.2) is 13.2 Å². The van der Waals surface area contributed by atoms with Crippen molar-refractivity contribution in [3.8, 4) is 5.75 Å². The quantitative estimate of drug-likeness (QED) is 0.389. The zero-order chi connectivity index (χ0) is 25.0. The minimum absolute atomic E-state index is 0.0878. The van der Waals surface area contributed by atoms with Crippen molar-refractivity contribution in [3.05, 3.63) is 59.3 Å². The van der Waals surface area contributed by atoms with E-state index in [1.165, 1.54) is 24.4 Å². The highest BCUT2D eigenvalue weighted by Gasteiger charge is 2.48. The Morgan fingerprint density at radius 2 is 1.66 bits per heavy atom. The van der Waals surface area contributed by atoms with Gasteiger partial charge in [0, 0.05) is 32.1 Å². The van der Waals surface area contributed by atoms with Crippen LogP contribution in [0.15, 0.2) is 36.5 Å². The van der Waals surface area contributed by atoms with Crippen molar-refractivity contribution in [1.82, 2.24) is 14.6 Å². The summed E-state index contributed by atoms with van der Waals surface area (Å²) in [6.07, 6.45) is -3.09. The highest BCUT2D eigenvalue weighted by Crippen LogP contribution is 2.49. The molecule has 0 atom stereocenters. The molecule has 3 aromatic rings. The molecule has 2 fully saturated rings. The van der Waals surface area contributed by atoms with Crippen LogP contribution in [-0.4, -0.2) is 33.7 Å². The number of benzene rings is 1. The van der Waals surface area contributed by atoms with E-state index in [1.54, 1.807) is 19.2 Å². The fraction of sp³-hybridized carbons (Fsp3) is 0.500. The highest BCUT2D eigenvalue weighted by molar-refractivity contribution is 5.57. The minimum Gasteiger partial charge on any atom is -0.490 e. The van der Waals surface area contributed by atoms with Gasteiger partial charge in [-0.15, -0.1) is 10.2 Å². The molecule has 1 aromatic carbocycles. The number of ether oxygens (including phenoxy) is 2. The van der Waals surface area contributed by atoms with E-state index < -0.39 is 53.8 Å². The fourth-order valence-corrected chi connectivity index (χ4v) is 5.16. The van der Waals surface area contributed by atoms with Crippen molar-refractivity contribution in [2.24, 2.45) is 0 Å². The van der Waals surface area contributed by atoms with E-state index in [2.05, 4.69) is 10.2 Å². The van der Waals surface area contributed by atoms with E-state index in [1.807, 2.05) is 0 Å². The third kappa shape index (κ3) is 4.34. The third-order valence-electron chi connectivity index (χ3n) is 7.10. The number of halogens is 6. The fourth-order valence-electron chi connectivity index (χ4n) is 5.16. The van der Waals surface area contributed by atoms with Crippen LogP contribution in [0.25, 0.3) is 5.65 Å². The van der Waals surface area contributed by atoms with Crippen molar-refractivity contribution >= 4 is 5.65 Å². The summed E-state index contributed by atoms with van der Waals surface area (Å²) >= 11 is 0. The molecule has 0 N–H and O–H groups in total. The Balaban J connectivity index is 1.38. The summed E-state index contributed by atoms with van der Waals surface area (Å²) < 4.78 is 94.8. The van der Waals surface area contributed by atoms with Crippen LogP contribution < -0.4 is 4.74 Å². The topological polar surface area (TPSA) is 48.7 Å². The lowest BCUT2D eigenvalue weighted by atomic mass is 9.78. The van der Waals surface area contributed by atoms with E-state index in [9.17, 15) is 26.3 Å². The van der Waals surface area contributed by atoms with E-state index in [0.29, 0.717) is 25.7 Å². The van der Waals surface area contributed by atoms with Crippen LogP contribution >= 0.6 is 0 Å². The molecule has 2 heterocycles. The molecule has 0 unspecified atom stereocenters. The summed E-state index contributed by atoms with van der Waals surface area (Å²) in [5.41, 5.74) is -1.41. The van der Waals surface area contributed by atoms with Crippen molar-refractivity contribution < 1.29 is 35.8 Å². The average molecular weight is 499 g/mol. The highest BCUT2D eigenvalue weighted by atomic mass is 19.4. The van der Waals surface area contributed by atoms with Gasteiger partial charge in [0.05, 0.1) is 11.7 Å². The van der Waals surface area contributed by atoms with Gasteiger partial charge in [-0.05, 0) is 49.4 Å². The van der Waals surface area contributed by atoms with Gasteiger partial charge < -0.3 is 9.47 Å². The molecule has 5 nitrogen and oxygen atoms in total. The Kier molecular flexibility index (Phi) is 5.73. The minimum atomic E-state index is -4.79. The first-order chi connectivity index (χ1) is 16.5. The molecule has 0 amide bonds. The summed E-state index contributed by atoms with van der Waals surface area (Å²) in [5.74, 6) is -4.14. The number of fused-ring (bicyclic) bond motifs is 1. The Morgan fingerprint density at radius 3 is 2.23 bits per heavy atom. The maximum Gasteiger partial charge on any atom is 0.423 e. The maximum absolute atomic E-state index is 14.1. The summed E-state index contributed by atoms with van der Waals surface area (Å²) in [4.78, 5) is 0. The predicted octanol–water partition coefficient (Wildman–Crippen LogP) is 6.26. The molecule has 2 aromatic heterocycles. The second-order valence-electron chi connectivity index (χ2n) is 9.29. The molecule has 0 saturated heterocycles. The molecular weight excluding hydrogens is 476 g/mol. The number of pyridine rings is 1. The number of methoxy groups -OCH3 is 1. The zero-order valence-electron chi connectivity index (χ0n) is 18.8. The summed E-state index contributed by atoms with van der Waals surface area (Å²) in [5, 5.41) is 7.49. The molecule has 2 saturated carbocycles. The Labute approximate surface area is 197 Å². The van der Waals surface area contributed by atoms with Crippen LogP contribution in [0.1, 0.15) is 61.4 Å². The summed E-state index contributed by atoms with van der Waals surface area (Å²) in [6.45, 7) is 0. The first-order valence-electron chi connectivity index (χ1n) is 11.3. The molecule has 0 radical (unpaired) electrons. The zero-order valence-corrected chi connectivity index (χ0v) is 18.8. The van der Waals surface area contributed by atoms with Gasteiger partial charge in [0.25, 0.3) is 0 Å². The Morgan fingerprint density at radius 1 is 1.00 bits per heavy atom. The van der Waals surface area contributed by atoms with Crippen LogP contribution in [-0.2, 0) is 16.5 Å². The van der Waals surface area contributed by atoms with Crippen molar-refractivity contribution in [2.75, 3.05) is 7.11 Å². The Bertz CT molecular complexity index is 1210. The smallest absolute Gasteiger partial charge is 0.423 e. The van der Waals surface area contributed by atoms with E-state index in [4.69, 9.17) is 9.47 Å². The number of nitrogens with zero attached hydrogens (tertiary/aromatic N) is 3. The molecule has 2 aliphatic carbocycles. The van der Waals surface area contributed by atoms with E-state index >= 15 is 0 Å². The van der Waals surface area contributed by atoms with Gasteiger partial charge in [0.1, 0.15) is 23.0 Å². The standard InChI is InChI=1S/C24H23F6N3O2/c1-34-22(15-2-4-16(25)5-3-15)9-6-17(7-10-22)35-18-8-11-33-20(14-12-23(26,27)13-14)31-32-21(33)19(18)24(28,29)30/h2-5,8,11,14,17H,6-7,9-10,12-13H2,1H3. The number of hydrogen-bond donors (Lipinski definition) is 0. The van der Waals surface area contributed by atoms with Crippen molar-refractivity contribution in [3.63, 3.8) is 0 Å². The molecule has 2 aliphatic rings. The summed E-state index contributed by atoms with van der Waals surface area (Å²) in [7, 11) is 1.56. The second kappa shape index (κ2) is 8.39. The van der Waals surface area contributed by atoms with Gasteiger partial charge in [0.15, 0.2) is 5.65 Å². The normalized spacial score (nSPS) is 24.9. The lowest BCUT2D eigenvalue weighted by Crippen LogP contribution is -2.37. The Hall–Kier alpha value is -2.82. The van der Waals surface area contributed by atoms with Crippen LogP contribution in [0.5, 0.6) is 5.75 Å². The SMILES string of the molecule is COC1(c2ccc(F)cc2)CCC(Oc2ccn3c(C4CC(F)(F)C4)nnc3c2C(F)(F)F)CC1. The number of hydrogen-bond acceptors (Lipinski definition) is 4. The lowest BCUT2D eigenvalue weighted by Gasteiger charge is -2.39. The summed E-state index contributed by atoms with van der Waals surface area (Å²) in [6, 6.07) is 7.19. The average Bonchev–Trinajstić information content (AvgIpc) is 3.21. The van der Waals surface area contributed by atoms with Crippen molar-refractivity contribution in [1.29, 1.82) is 0 Å². The van der Waals surface area contributed by atoms with Crippen LogP contribution in [0.4, 0.5) is 26.3 Å². The predicted molar refractivity (Wildman–Crippen MR) is 113 cm³/mol. The van der Waals surface area contributed by atoms with Gasteiger partial charge in [-0.1, -0.05) is 12.1 Å². The molecule has 0 bridgehead atoms. The molecule has 0 aliphatic heterocycles. The van der Waals surface area contributed by atoms with E-state index in [-0.39, 0.29) is 17.4 Å². The number of rotatable bonds is 5. The van der Waals surface area contributed by atoms with Gasteiger partial charge in [0.2, 0.25) is 5.92 Å². The van der Waals surface area contributed by atoms with Gasteiger partial charge in [-0.3, -0.25) is 4.40 Å². The number of alkyl halides is 5. The largest absolute Gasteiger partial charge is 0.490 e. The van der Waals surface area contributed by atoms with Crippen molar-refractivity contribution in [2.45, 2.75) is 68.2 Å². The number of aromatic nitrogens is 3. The lowest BCUT2D eigenvalue weighted by molar-refractivity contribution is -0.138. The van der Waals surface area contributed by atoms with Crippen LogP contribution in [0.2, 0.25) is 0 Å². The monoisotopic (exact) mass is 499 g/mol.